The zero-order chi connectivity index (χ0) is 22.1. The molecule has 0 unspecified atom stereocenters. The summed E-state index contributed by atoms with van der Waals surface area (Å²) >= 11 is 0. The third-order valence-electron chi connectivity index (χ3n) is 4.76. The largest absolute Gasteiger partial charge is 0.450 e. The Balaban J connectivity index is 1.61. The second kappa shape index (κ2) is 8.13. The van der Waals surface area contributed by atoms with Crippen molar-refractivity contribution in [2.45, 2.75) is 18.6 Å². The second-order valence-corrected chi connectivity index (χ2v) is 9.11. The summed E-state index contributed by atoms with van der Waals surface area (Å²) in [6, 6.07) is 6.51. The molecule has 0 spiro atoms. The van der Waals surface area contributed by atoms with E-state index in [0.29, 0.717) is 6.42 Å². The van der Waals surface area contributed by atoms with Crippen LogP contribution in [-0.4, -0.2) is 56.4 Å². The number of carbonyl (C=O) groups excluding carboxylic acids is 2. The maximum Gasteiger partial charge on any atom is 0.416 e. The molecule has 7 nitrogen and oxygen atoms in total. The van der Waals surface area contributed by atoms with E-state index in [2.05, 4.69) is 0 Å². The molecule has 2 aromatic rings. The Hall–Kier alpha value is -2.82. The molecule has 162 valence electrons. The number of sulfone groups is 1. The van der Waals surface area contributed by atoms with Crippen LogP contribution in [0.3, 0.4) is 0 Å². The van der Waals surface area contributed by atoms with Crippen LogP contribution in [0.15, 0.2) is 40.8 Å². The zero-order valence-corrected chi connectivity index (χ0v) is 16.6. The van der Waals surface area contributed by atoms with Gasteiger partial charge in [0.05, 0.1) is 17.1 Å². The van der Waals surface area contributed by atoms with Crippen LogP contribution in [-0.2, 0) is 25.5 Å². The highest BCUT2D eigenvalue weighted by Crippen LogP contribution is 2.32. The van der Waals surface area contributed by atoms with Gasteiger partial charge in [-0.05, 0) is 30.7 Å². The number of likely N-dealkylation sites (N-methyl/N-ethyl adjacent to an activating group) is 1. The minimum atomic E-state index is -4.52. The Morgan fingerprint density at radius 1 is 1.23 bits per heavy atom. The lowest BCUT2D eigenvalue weighted by Gasteiger charge is -2.22. The van der Waals surface area contributed by atoms with Gasteiger partial charge in [0.25, 0.3) is 5.91 Å². The van der Waals surface area contributed by atoms with E-state index in [9.17, 15) is 31.2 Å². The molecule has 1 atom stereocenters. The van der Waals surface area contributed by atoms with Gasteiger partial charge in [0.2, 0.25) is 5.76 Å². The van der Waals surface area contributed by atoms with Gasteiger partial charge >= 0.3 is 12.1 Å². The molecule has 1 aliphatic heterocycles. The summed E-state index contributed by atoms with van der Waals surface area (Å²) in [5, 5.41) is 0. The lowest BCUT2D eigenvalue weighted by Crippen LogP contribution is -2.40. The standard InChI is InChI=1S/C19H18F3NO6S/c1-23(14-7-8-30(26,27)11-14)17(24)10-28-18(25)16-6-5-15(29-16)12-3-2-4-13(9-12)19(20,21)22/h2-6,9,14H,7-8,10-11H2,1H3/t14-/m0/s1. The van der Waals surface area contributed by atoms with Crippen molar-refractivity contribution in [2.24, 2.45) is 0 Å². The molecule has 3 rings (SSSR count). The van der Waals surface area contributed by atoms with Crippen LogP contribution >= 0.6 is 0 Å². The van der Waals surface area contributed by atoms with Crippen LogP contribution in [0, 0.1) is 0 Å². The van der Waals surface area contributed by atoms with E-state index in [-0.39, 0.29) is 28.6 Å². The highest BCUT2D eigenvalue weighted by Gasteiger charge is 2.33. The Morgan fingerprint density at radius 3 is 2.60 bits per heavy atom. The van der Waals surface area contributed by atoms with E-state index in [0.717, 1.165) is 12.1 Å². The number of halogens is 3. The highest BCUT2D eigenvalue weighted by atomic mass is 32.2. The molecule has 1 aliphatic rings. The number of alkyl halides is 3. The summed E-state index contributed by atoms with van der Waals surface area (Å²) in [5.74, 6) is -1.92. The molecule has 0 saturated carbocycles. The average Bonchev–Trinajstić information content (AvgIpc) is 3.31. The zero-order valence-electron chi connectivity index (χ0n) is 15.8. The summed E-state index contributed by atoms with van der Waals surface area (Å²) in [4.78, 5) is 25.5. The van der Waals surface area contributed by atoms with Gasteiger partial charge in [0, 0.05) is 18.7 Å². The Kier molecular flexibility index (Phi) is 5.93. The van der Waals surface area contributed by atoms with Gasteiger partial charge in [0.15, 0.2) is 16.4 Å². The lowest BCUT2D eigenvalue weighted by molar-refractivity contribution is -0.137. The Labute approximate surface area is 170 Å². The molecule has 1 amide bonds. The number of nitrogens with zero attached hydrogens (tertiary/aromatic N) is 1. The van der Waals surface area contributed by atoms with E-state index in [1.807, 2.05) is 0 Å². The van der Waals surface area contributed by atoms with E-state index < -0.39 is 46.1 Å². The number of ether oxygens (including phenoxy) is 1. The average molecular weight is 445 g/mol. The summed E-state index contributed by atoms with van der Waals surface area (Å²) in [6.45, 7) is -0.620. The fourth-order valence-electron chi connectivity index (χ4n) is 3.04. The highest BCUT2D eigenvalue weighted by molar-refractivity contribution is 7.91. The molecule has 2 heterocycles. The van der Waals surface area contributed by atoms with Gasteiger partial charge in [-0.1, -0.05) is 12.1 Å². The van der Waals surface area contributed by atoms with Crippen molar-refractivity contribution in [3.8, 4) is 11.3 Å². The Morgan fingerprint density at radius 2 is 1.97 bits per heavy atom. The third-order valence-corrected chi connectivity index (χ3v) is 6.51. The van der Waals surface area contributed by atoms with Crippen LogP contribution in [0.5, 0.6) is 0 Å². The van der Waals surface area contributed by atoms with Gasteiger partial charge in [-0.3, -0.25) is 4.79 Å². The van der Waals surface area contributed by atoms with Crippen LogP contribution in [0.25, 0.3) is 11.3 Å². The van der Waals surface area contributed by atoms with Crippen molar-refractivity contribution < 1.29 is 40.3 Å². The fraction of sp³-hybridized carbons (Fsp3) is 0.368. The minimum absolute atomic E-state index is 0.000213. The van der Waals surface area contributed by atoms with E-state index in [1.54, 1.807) is 0 Å². The first-order valence-electron chi connectivity index (χ1n) is 8.87. The van der Waals surface area contributed by atoms with Crippen LogP contribution < -0.4 is 0 Å². The summed E-state index contributed by atoms with van der Waals surface area (Å²) in [7, 11) is -1.74. The summed E-state index contributed by atoms with van der Waals surface area (Å²) in [5.41, 5.74) is -0.731. The van der Waals surface area contributed by atoms with Crippen molar-refractivity contribution >= 4 is 21.7 Å². The normalized spacial score (nSPS) is 18.2. The molecule has 1 fully saturated rings. The first-order valence-corrected chi connectivity index (χ1v) is 10.7. The van der Waals surface area contributed by atoms with Crippen molar-refractivity contribution in [2.75, 3.05) is 25.2 Å². The van der Waals surface area contributed by atoms with Crippen LogP contribution in [0.4, 0.5) is 13.2 Å². The maximum atomic E-state index is 12.8. The molecule has 1 aromatic carbocycles. The van der Waals surface area contributed by atoms with Crippen molar-refractivity contribution in [3.63, 3.8) is 0 Å². The van der Waals surface area contributed by atoms with Gasteiger partial charge in [0.1, 0.15) is 5.76 Å². The van der Waals surface area contributed by atoms with Crippen LogP contribution in [0.2, 0.25) is 0 Å². The first kappa shape index (κ1) is 21.9. The molecule has 1 saturated heterocycles. The quantitative estimate of drug-likeness (QED) is 0.657. The molecule has 0 N–H and O–H groups in total. The first-order chi connectivity index (χ1) is 14.0. The second-order valence-electron chi connectivity index (χ2n) is 6.88. The van der Waals surface area contributed by atoms with Crippen molar-refractivity contribution in [3.05, 3.63) is 47.7 Å². The number of amides is 1. The van der Waals surface area contributed by atoms with Gasteiger partial charge in [-0.25, -0.2) is 13.2 Å². The number of carbonyl (C=O) groups is 2. The molecular weight excluding hydrogens is 427 g/mol. The lowest BCUT2D eigenvalue weighted by atomic mass is 10.1. The maximum absolute atomic E-state index is 12.8. The summed E-state index contributed by atoms with van der Waals surface area (Å²) in [6.07, 6.45) is -4.20. The topological polar surface area (TPSA) is 93.9 Å². The predicted octanol–water partition coefficient (Wildman–Crippen LogP) is 2.77. The molecule has 0 radical (unpaired) electrons. The summed E-state index contributed by atoms with van der Waals surface area (Å²) < 4.78 is 71.7. The minimum Gasteiger partial charge on any atom is -0.450 e. The number of hydrogen-bond acceptors (Lipinski definition) is 6. The monoisotopic (exact) mass is 445 g/mol. The fourth-order valence-corrected chi connectivity index (χ4v) is 4.81. The van der Waals surface area contributed by atoms with Gasteiger partial charge in [-0.2, -0.15) is 13.2 Å². The molecule has 11 heteroatoms. The van der Waals surface area contributed by atoms with E-state index in [1.165, 1.54) is 36.2 Å². The van der Waals surface area contributed by atoms with E-state index >= 15 is 0 Å². The Bertz CT molecular complexity index is 1060. The van der Waals surface area contributed by atoms with Gasteiger partial charge in [-0.15, -0.1) is 0 Å². The number of esters is 1. The van der Waals surface area contributed by atoms with Crippen molar-refractivity contribution in [1.29, 1.82) is 0 Å². The number of furan rings is 1. The number of benzene rings is 1. The number of hydrogen-bond donors (Lipinski definition) is 0. The van der Waals surface area contributed by atoms with Crippen LogP contribution in [0.1, 0.15) is 22.5 Å². The molecule has 1 aromatic heterocycles. The molecule has 0 bridgehead atoms. The smallest absolute Gasteiger partial charge is 0.416 e. The SMILES string of the molecule is CN(C(=O)COC(=O)c1ccc(-c2cccc(C(F)(F)F)c2)o1)[C@H]1CCS(=O)(=O)C1. The number of rotatable bonds is 5. The molecule has 30 heavy (non-hydrogen) atoms. The molecule has 0 aliphatic carbocycles. The molecular formula is C19H18F3NO6S. The third kappa shape index (κ3) is 5.02. The van der Waals surface area contributed by atoms with E-state index in [4.69, 9.17) is 9.15 Å². The predicted molar refractivity (Wildman–Crippen MR) is 99.3 cm³/mol. The van der Waals surface area contributed by atoms with Crippen molar-refractivity contribution in [1.82, 2.24) is 4.90 Å². The van der Waals surface area contributed by atoms with Gasteiger partial charge < -0.3 is 14.1 Å².